The molecule has 2 heterocycles. The Labute approximate surface area is 229 Å². The van der Waals surface area contributed by atoms with Gasteiger partial charge in [0.1, 0.15) is 5.82 Å². The van der Waals surface area contributed by atoms with Gasteiger partial charge in [-0.15, -0.1) is 0 Å². The van der Waals surface area contributed by atoms with Crippen molar-refractivity contribution in [1.29, 1.82) is 5.26 Å². The molecule has 0 spiro atoms. The Morgan fingerprint density at radius 3 is 2.41 bits per heavy atom. The maximum absolute atomic E-state index is 13.1. The molecule has 1 aliphatic heterocycles. The summed E-state index contributed by atoms with van der Waals surface area (Å²) in [5, 5.41) is 19.1. The first kappa shape index (κ1) is 26.9. The lowest BCUT2D eigenvalue weighted by Gasteiger charge is -2.35. The predicted molar refractivity (Wildman–Crippen MR) is 151 cm³/mol. The number of carboxylic acid groups (broad SMARTS) is 1. The van der Waals surface area contributed by atoms with Crippen molar-refractivity contribution in [3.8, 4) is 6.07 Å². The van der Waals surface area contributed by atoms with Gasteiger partial charge < -0.3 is 10.0 Å². The first-order valence-electron chi connectivity index (χ1n) is 13.5. The molecule has 1 saturated carbocycles. The van der Waals surface area contributed by atoms with Gasteiger partial charge in [0.05, 0.1) is 22.0 Å². The Hall–Kier alpha value is -3.68. The highest BCUT2D eigenvalue weighted by atomic mass is 32.2. The molecule has 1 saturated heterocycles. The van der Waals surface area contributed by atoms with Crippen LogP contribution in [0.5, 0.6) is 0 Å². The lowest BCUT2D eigenvalue weighted by molar-refractivity contribution is 0.0699. The van der Waals surface area contributed by atoms with Crippen LogP contribution in [0.3, 0.4) is 0 Å². The minimum Gasteiger partial charge on any atom is -0.478 e. The summed E-state index contributed by atoms with van der Waals surface area (Å²) in [7, 11) is -3.85. The van der Waals surface area contributed by atoms with Gasteiger partial charge in [-0.1, -0.05) is 31.4 Å². The number of nitrogens with zero attached hydrogens (tertiary/aromatic N) is 4. The number of aromatic carboxylic acids is 1. The lowest BCUT2D eigenvalue weighted by Crippen LogP contribution is -2.46. The van der Waals surface area contributed by atoms with Gasteiger partial charge in [0, 0.05) is 50.2 Å². The monoisotopic (exact) mass is 547 g/mol. The fraction of sp³-hybridized carbons (Fsp3) is 0.414. The Balaban J connectivity index is 1.35. The number of piperazine rings is 1. The highest BCUT2D eigenvalue weighted by molar-refractivity contribution is 7.92. The molecule has 10 heteroatoms. The SMILES string of the molecule is N#CCCN1CCN(c2cc(C(=O)O)c3cc(NS(=O)(=O)c4ccc(C5CCCCC5)cc4)ccc3n2)CC1. The Kier molecular flexibility index (Phi) is 8.00. The first-order chi connectivity index (χ1) is 18.8. The highest BCUT2D eigenvalue weighted by Crippen LogP contribution is 2.33. The third kappa shape index (κ3) is 6.15. The summed E-state index contributed by atoms with van der Waals surface area (Å²) in [4.78, 5) is 21.3. The van der Waals surface area contributed by atoms with Crippen molar-refractivity contribution in [3.05, 3.63) is 59.7 Å². The third-order valence-corrected chi connectivity index (χ3v) is 9.18. The van der Waals surface area contributed by atoms with E-state index < -0.39 is 16.0 Å². The first-order valence-corrected chi connectivity index (χ1v) is 15.0. The van der Waals surface area contributed by atoms with Crippen LogP contribution in [0.2, 0.25) is 0 Å². The third-order valence-electron chi connectivity index (χ3n) is 7.78. The molecular formula is C29H33N5O4S. The molecule has 5 rings (SSSR count). The fourth-order valence-corrected chi connectivity index (χ4v) is 6.64. The molecule has 1 aliphatic carbocycles. The molecule has 2 fully saturated rings. The molecule has 3 aromatic rings. The lowest BCUT2D eigenvalue weighted by atomic mass is 9.84. The number of rotatable bonds is 8. The van der Waals surface area contributed by atoms with E-state index >= 15 is 0 Å². The van der Waals surface area contributed by atoms with Crippen LogP contribution in [0.25, 0.3) is 10.9 Å². The van der Waals surface area contributed by atoms with Gasteiger partial charge in [-0.3, -0.25) is 9.62 Å². The van der Waals surface area contributed by atoms with Crippen LogP contribution in [0, 0.1) is 11.3 Å². The zero-order valence-corrected chi connectivity index (χ0v) is 22.7. The van der Waals surface area contributed by atoms with Gasteiger partial charge in [0.2, 0.25) is 0 Å². The molecule has 2 N–H and O–H groups in total. The van der Waals surface area contributed by atoms with E-state index in [9.17, 15) is 18.3 Å². The van der Waals surface area contributed by atoms with Crippen molar-refractivity contribution in [1.82, 2.24) is 9.88 Å². The van der Waals surface area contributed by atoms with Crippen LogP contribution in [0.15, 0.2) is 53.4 Å². The second-order valence-electron chi connectivity index (χ2n) is 10.3. The average molecular weight is 548 g/mol. The van der Waals surface area contributed by atoms with Crippen molar-refractivity contribution in [2.24, 2.45) is 0 Å². The van der Waals surface area contributed by atoms with E-state index in [1.54, 1.807) is 30.3 Å². The molecule has 2 aromatic carbocycles. The molecule has 2 aliphatic rings. The molecule has 0 bridgehead atoms. The summed E-state index contributed by atoms with van der Waals surface area (Å²) in [6, 6.07) is 15.6. The number of nitrogens with one attached hydrogen (secondary N) is 1. The number of carbonyl (C=O) groups is 1. The molecule has 39 heavy (non-hydrogen) atoms. The largest absolute Gasteiger partial charge is 0.478 e. The van der Waals surface area contributed by atoms with Gasteiger partial charge in [-0.05, 0) is 60.7 Å². The number of hydrogen-bond acceptors (Lipinski definition) is 7. The second-order valence-corrected chi connectivity index (χ2v) is 12.0. The van der Waals surface area contributed by atoms with Crippen molar-refractivity contribution in [2.75, 3.05) is 42.3 Å². The smallest absolute Gasteiger partial charge is 0.336 e. The van der Waals surface area contributed by atoms with Gasteiger partial charge in [-0.2, -0.15) is 5.26 Å². The van der Waals surface area contributed by atoms with E-state index in [2.05, 4.69) is 15.7 Å². The molecule has 1 aromatic heterocycles. The van der Waals surface area contributed by atoms with Crippen LogP contribution in [0.4, 0.5) is 11.5 Å². The number of sulfonamides is 1. The summed E-state index contributed by atoms with van der Waals surface area (Å²) < 4.78 is 28.9. The number of hydrogen-bond donors (Lipinski definition) is 2. The van der Waals surface area contributed by atoms with Crippen LogP contribution in [-0.2, 0) is 10.0 Å². The van der Waals surface area contributed by atoms with E-state index in [0.717, 1.165) is 32.5 Å². The zero-order chi connectivity index (χ0) is 27.4. The predicted octanol–water partition coefficient (Wildman–Crippen LogP) is 4.82. The minimum atomic E-state index is -3.85. The number of carboxylic acids is 1. The van der Waals surface area contributed by atoms with Crippen molar-refractivity contribution < 1.29 is 18.3 Å². The van der Waals surface area contributed by atoms with Crippen molar-refractivity contribution in [2.45, 2.75) is 49.3 Å². The Bertz CT molecular complexity index is 1490. The van der Waals surface area contributed by atoms with E-state index in [4.69, 9.17) is 10.2 Å². The van der Waals surface area contributed by atoms with Crippen LogP contribution in [-0.4, -0.2) is 62.1 Å². The second kappa shape index (κ2) is 11.6. The summed E-state index contributed by atoms with van der Waals surface area (Å²) in [5.74, 6) is -0.0379. The van der Waals surface area contributed by atoms with Crippen LogP contribution < -0.4 is 9.62 Å². The molecule has 0 atom stereocenters. The van der Waals surface area contributed by atoms with E-state index in [1.807, 2.05) is 17.0 Å². The minimum absolute atomic E-state index is 0.0693. The van der Waals surface area contributed by atoms with E-state index in [-0.39, 0.29) is 16.1 Å². The molecule has 0 radical (unpaired) electrons. The number of aromatic nitrogens is 1. The molecule has 0 unspecified atom stereocenters. The molecule has 204 valence electrons. The quantitative estimate of drug-likeness (QED) is 0.411. The van der Waals surface area contributed by atoms with Crippen LogP contribution >= 0.6 is 0 Å². The maximum atomic E-state index is 13.1. The van der Waals surface area contributed by atoms with Gasteiger partial charge in [-0.25, -0.2) is 18.2 Å². The number of benzene rings is 2. The zero-order valence-electron chi connectivity index (χ0n) is 21.8. The highest BCUT2D eigenvalue weighted by Gasteiger charge is 2.22. The number of nitriles is 1. The fourth-order valence-electron chi connectivity index (χ4n) is 5.59. The van der Waals surface area contributed by atoms with Crippen LogP contribution in [0.1, 0.15) is 60.4 Å². The molecule has 0 amide bonds. The topological polar surface area (TPSA) is 127 Å². The maximum Gasteiger partial charge on any atom is 0.336 e. The normalized spacial score (nSPS) is 17.2. The Morgan fingerprint density at radius 1 is 1.03 bits per heavy atom. The number of anilines is 2. The van der Waals surface area contributed by atoms with Crippen molar-refractivity contribution in [3.63, 3.8) is 0 Å². The van der Waals surface area contributed by atoms with Crippen molar-refractivity contribution >= 4 is 38.4 Å². The Morgan fingerprint density at radius 2 is 1.74 bits per heavy atom. The number of pyridine rings is 1. The summed E-state index contributed by atoms with van der Waals surface area (Å²) >= 11 is 0. The average Bonchev–Trinajstić information content (AvgIpc) is 2.96. The van der Waals surface area contributed by atoms with Gasteiger partial charge in [0.15, 0.2) is 0 Å². The summed E-state index contributed by atoms with van der Waals surface area (Å²) in [6.45, 7) is 3.62. The summed E-state index contributed by atoms with van der Waals surface area (Å²) in [6.07, 6.45) is 6.45. The van der Waals surface area contributed by atoms with E-state index in [1.165, 1.54) is 30.9 Å². The molecular weight excluding hydrogens is 514 g/mol. The number of fused-ring (bicyclic) bond motifs is 1. The molecule has 9 nitrogen and oxygen atoms in total. The summed E-state index contributed by atoms with van der Waals surface area (Å²) in [5.41, 5.74) is 2.01. The standard InChI is InChI=1S/C29H33N5O4S/c30-13-4-14-33-15-17-34(18-16-33)28-20-26(29(35)36)25-19-23(9-12-27(25)31-28)32-39(37,38)24-10-7-22(8-11-24)21-5-2-1-3-6-21/h7-12,19-21,32H,1-6,14-18H2,(H,35,36). The van der Waals surface area contributed by atoms with E-state index in [0.29, 0.717) is 42.1 Å². The van der Waals surface area contributed by atoms with Gasteiger partial charge in [0.25, 0.3) is 10.0 Å². The van der Waals surface area contributed by atoms with Gasteiger partial charge >= 0.3 is 5.97 Å².